The van der Waals surface area contributed by atoms with E-state index >= 15 is 0 Å². The molecule has 0 bridgehead atoms. The first-order chi connectivity index (χ1) is 8.98. The van der Waals surface area contributed by atoms with Gasteiger partial charge in [0.25, 0.3) is 0 Å². The van der Waals surface area contributed by atoms with Crippen LogP contribution in [0.2, 0.25) is 0 Å². The summed E-state index contributed by atoms with van der Waals surface area (Å²) in [5, 5.41) is 2.34. The molecule has 0 aromatic heterocycles. The Morgan fingerprint density at radius 2 is 1.79 bits per heavy atom. The Kier molecular flexibility index (Phi) is 5.40. The first-order valence-electron chi connectivity index (χ1n) is 6.66. The molecule has 1 atom stereocenters. The number of carbonyl (C=O) groups excluding carboxylic acids is 3. The third kappa shape index (κ3) is 2.63. The summed E-state index contributed by atoms with van der Waals surface area (Å²) in [5.74, 6) is -0.109. The lowest BCUT2D eigenvalue weighted by atomic mass is 9.78. The lowest BCUT2D eigenvalue weighted by Gasteiger charge is -2.41. The van der Waals surface area contributed by atoms with E-state index in [9.17, 15) is 14.4 Å². The van der Waals surface area contributed by atoms with Gasteiger partial charge in [-0.3, -0.25) is 19.8 Å². The van der Waals surface area contributed by atoms with E-state index in [0.717, 1.165) is 0 Å². The topological polar surface area (TPSA) is 66.5 Å². The van der Waals surface area contributed by atoms with Crippen LogP contribution in [0, 0.1) is 5.41 Å². The number of thioether (sulfide) groups is 1. The van der Waals surface area contributed by atoms with Gasteiger partial charge in [0, 0.05) is 5.75 Å². The van der Waals surface area contributed by atoms with Gasteiger partial charge in [-0.25, -0.2) is 4.79 Å². The number of urea groups is 1. The van der Waals surface area contributed by atoms with E-state index in [1.807, 2.05) is 27.0 Å². The minimum Gasteiger partial charge on any atom is -0.277 e. The molecule has 0 spiro atoms. The molecule has 5 nitrogen and oxygen atoms in total. The lowest BCUT2D eigenvalue weighted by molar-refractivity contribution is -0.153. The highest BCUT2D eigenvalue weighted by Crippen LogP contribution is 2.33. The Hall–Kier alpha value is -1.04. The van der Waals surface area contributed by atoms with E-state index < -0.39 is 17.4 Å². The number of nitrogens with zero attached hydrogens (tertiary/aromatic N) is 1. The number of rotatable bonds is 6. The molecule has 0 saturated carbocycles. The second-order valence-electron chi connectivity index (χ2n) is 4.74. The maximum Gasteiger partial charge on any atom is 0.331 e. The normalized spacial score (nSPS) is 20.4. The number of nitrogens with one attached hydrogen (secondary N) is 1. The molecule has 4 amide bonds. The zero-order valence-corrected chi connectivity index (χ0v) is 12.8. The van der Waals surface area contributed by atoms with Gasteiger partial charge >= 0.3 is 6.03 Å². The molecule has 1 aliphatic heterocycles. The summed E-state index contributed by atoms with van der Waals surface area (Å²) < 4.78 is 0. The van der Waals surface area contributed by atoms with Crippen molar-refractivity contribution in [3.05, 3.63) is 0 Å². The van der Waals surface area contributed by atoms with E-state index in [1.54, 1.807) is 11.8 Å². The molecular weight excluding hydrogens is 264 g/mol. The third-order valence-electron chi connectivity index (χ3n) is 3.90. The Labute approximate surface area is 118 Å². The number of hydrogen-bond donors (Lipinski definition) is 1. The summed E-state index contributed by atoms with van der Waals surface area (Å²) >= 11 is 1.59. The Morgan fingerprint density at radius 1 is 1.21 bits per heavy atom. The summed E-state index contributed by atoms with van der Waals surface area (Å²) in [6.07, 6.45) is 3.45. The van der Waals surface area contributed by atoms with Gasteiger partial charge in [0.05, 0.1) is 6.04 Å². The Balaban J connectivity index is 3.14. The molecule has 1 N–H and O–H groups in total. The molecule has 108 valence electrons. The van der Waals surface area contributed by atoms with E-state index in [4.69, 9.17) is 0 Å². The molecular formula is C13H22N2O3S. The van der Waals surface area contributed by atoms with Crippen LogP contribution in [-0.4, -0.2) is 40.8 Å². The van der Waals surface area contributed by atoms with E-state index in [-0.39, 0.29) is 11.9 Å². The van der Waals surface area contributed by atoms with Crippen LogP contribution in [0.3, 0.4) is 0 Å². The van der Waals surface area contributed by atoms with Gasteiger partial charge in [-0.1, -0.05) is 20.8 Å². The second kappa shape index (κ2) is 6.41. The predicted octanol–water partition coefficient (Wildman–Crippen LogP) is 2.01. The number of carbonyl (C=O) groups is 3. The molecule has 1 saturated heterocycles. The molecule has 1 rings (SSSR count). The fourth-order valence-corrected chi connectivity index (χ4v) is 3.24. The van der Waals surface area contributed by atoms with Crippen molar-refractivity contribution in [2.45, 2.75) is 46.1 Å². The average molecular weight is 286 g/mol. The van der Waals surface area contributed by atoms with E-state index in [1.165, 1.54) is 4.90 Å². The number of barbiturate groups is 1. The van der Waals surface area contributed by atoms with Crippen molar-refractivity contribution in [2.24, 2.45) is 5.41 Å². The molecule has 19 heavy (non-hydrogen) atoms. The number of hydrogen-bond acceptors (Lipinski definition) is 4. The fourth-order valence-electron chi connectivity index (χ4n) is 2.47. The summed E-state index contributed by atoms with van der Waals surface area (Å²) in [5.41, 5.74) is -1.08. The SMILES string of the molecule is CCC(CSC)N1C(=O)NC(=O)C(CC)(CC)C1=O. The van der Waals surface area contributed by atoms with E-state index in [0.29, 0.717) is 25.0 Å². The van der Waals surface area contributed by atoms with Gasteiger partial charge in [0.2, 0.25) is 11.8 Å². The van der Waals surface area contributed by atoms with Crippen LogP contribution in [0.5, 0.6) is 0 Å². The molecule has 1 heterocycles. The van der Waals surface area contributed by atoms with Crippen molar-refractivity contribution >= 4 is 29.6 Å². The molecule has 0 aliphatic carbocycles. The van der Waals surface area contributed by atoms with Crippen molar-refractivity contribution in [1.82, 2.24) is 10.2 Å². The summed E-state index contributed by atoms with van der Waals surface area (Å²) in [7, 11) is 0. The van der Waals surface area contributed by atoms with Gasteiger partial charge in [0.1, 0.15) is 5.41 Å². The minimum atomic E-state index is -1.08. The average Bonchev–Trinajstić information content (AvgIpc) is 2.39. The van der Waals surface area contributed by atoms with Gasteiger partial charge in [-0.05, 0) is 25.5 Å². The van der Waals surface area contributed by atoms with Crippen molar-refractivity contribution < 1.29 is 14.4 Å². The molecule has 1 unspecified atom stereocenters. The smallest absolute Gasteiger partial charge is 0.277 e. The standard InChI is InChI=1S/C13H22N2O3S/c1-5-9(8-19-4)15-11(17)13(6-2,7-3)10(16)14-12(15)18/h9H,5-8H2,1-4H3,(H,14,16,18). The van der Waals surface area contributed by atoms with Gasteiger partial charge < -0.3 is 0 Å². The summed E-state index contributed by atoms with van der Waals surface area (Å²) in [4.78, 5) is 37.9. The first kappa shape index (κ1) is 16.0. The van der Waals surface area contributed by atoms with Crippen LogP contribution in [-0.2, 0) is 9.59 Å². The Bertz CT molecular complexity index is 380. The van der Waals surface area contributed by atoms with Crippen molar-refractivity contribution in [2.75, 3.05) is 12.0 Å². The maximum absolute atomic E-state index is 12.6. The summed E-state index contributed by atoms with van der Waals surface area (Å²) in [6, 6.07) is -0.735. The molecule has 6 heteroatoms. The van der Waals surface area contributed by atoms with Crippen molar-refractivity contribution in [3.8, 4) is 0 Å². The predicted molar refractivity (Wildman–Crippen MR) is 75.9 cm³/mol. The highest BCUT2D eigenvalue weighted by molar-refractivity contribution is 7.98. The van der Waals surface area contributed by atoms with Crippen molar-refractivity contribution in [1.29, 1.82) is 0 Å². The lowest BCUT2D eigenvalue weighted by Crippen LogP contribution is -2.66. The van der Waals surface area contributed by atoms with Gasteiger partial charge in [-0.2, -0.15) is 11.8 Å². The molecule has 1 aliphatic rings. The first-order valence-corrected chi connectivity index (χ1v) is 8.05. The highest BCUT2D eigenvalue weighted by atomic mass is 32.2. The van der Waals surface area contributed by atoms with Gasteiger partial charge in [-0.15, -0.1) is 0 Å². The maximum atomic E-state index is 12.6. The fraction of sp³-hybridized carbons (Fsp3) is 0.769. The highest BCUT2D eigenvalue weighted by Gasteiger charge is 2.52. The van der Waals surface area contributed by atoms with Gasteiger partial charge in [0.15, 0.2) is 0 Å². The van der Waals surface area contributed by atoms with Crippen LogP contribution in [0.15, 0.2) is 0 Å². The van der Waals surface area contributed by atoms with Crippen LogP contribution in [0.25, 0.3) is 0 Å². The van der Waals surface area contributed by atoms with Crippen LogP contribution in [0.1, 0.15) is 40.0 Å². The van der Waals surface area contributed by atoms with E-state index in [2.05, 4.69) is 5.32 Å². The zero-order valence-electron chi connectivity index (χ0n) is 12.0. The molecule has 0 aromatic carbocycles. The second-order valence-corrected chi connectivity index (χ2v) is 5.65. The quantitative estimate of drug-likeness (QED) is 0.759. The molecule has 1 fully saturated rings. The molecule has 0 aromatic rings. The number of amides is 4. The summed E-state index contributed by atoms with van der Waals surface area (Å²) in [6.45, 7) is 5.56. The minimum absolute atomic E-state index is 0.159. The van der Waals surface area contributed by atoms with Crippen LogP contribution >= 0.6 is 11.8 Å². The number of imide groups is 2. The Morgan fingerprint density at radius 3 is 2.21 bits per heavy atom. The third-order valence-corrected chi connectivity index (χ3v) is 4.62. The van der Waals surface area contributed by atoms with Crippen LogP contribution in [0.4, 0.5) is 4.79 Å². The molecule has 0 radical (unpaired) electrons. The largest absolute Gasteiger partial charge is 0.331 e. The zero-order chi connectivity index (χ0) is 14.6. The van der Waals surface area contributed by atoms with Crippen LogP contribution < -0.4 is 5.32 Å². The monoisotopic (exact) mass is 286 g/mol. The van der Waals surface area contributed by atoms with Crippen molar-refractivity contribution in [3.63, 3.8) is 0 Å².